The molecule has 1 aliphatic heterocycles. The molecule has 1 aliphatic carbocycles. The van der Waals surface area contributed by atoms with Crippen molar-refractivity contribution in [3.63, 3.8) is 0 Å². The molecular weight excluding hydrogens is 472 g/mol. The lowest BCUT2D eigenvalue weighted by atomic mass is 10.1. The molecule has 36 heavy (non-hydrogen) atoms. The molecule has 0 bridgehead atoms. The van der Waals surface area contributed by atoms with E-state index in [1.165, 1.54) is 11.8 Å². The molecule has 0 unspecified atom stereocenters. The summed E-state index contributed by atoms with van der Waals surface area (Å²) in [5, 5.41) is 4.60. The van der Waals surface area contributed by atoms with Gasteiger partial charge in [0.1, 0.15) is 12.3 Å². The van der Waals surface area contributed by atoms with E-state index in [1.54, 1.807) is 12.3 Å². The summed E-state index contributed by atoms with van der Waals surface area (Å²) in [4.78, 5) is 33.3. The Morgan fingerprint density at radius 3 is 2.67 bits per heavy atom. The van der Waals surface area contributed by atoms with E-state index >= 15 is 0 Å². The Morgan fingerprint density at radius 2 is 1.89 bits per heavy atom. The van der Waals surface area contributed by atoms with Gasteiger partial charge in [0.2, 0.25) is 5.91 Å². The molecule has 6 rings (SSSR count). The molecule has 2 fully saturated rings. The summed E-state index contributed by atoms with van der Waals surface area (Å²) < 4.78 is 7.21. The van der Waals surface area contributed by atoms with Crippen molar-refractivity contribution in [3.05, 3.63) is 95.4 Å². The van der Waals surface area contributed by atoms with Gasteiger partial charge in [-0.2, -0.15) is 0 Å². The predicted molar refractivity (Wildman–Crippen MR) is 141 cm³/mol. The average Bonchev–Trinajstić information content (AvgIpc) is 3.34. The monoisotopic (exact) mass is 496 g/mol. The summed E-state index contributed by atoms with van der Waals surface area (Å²) >= 11 is 1.41. The zero-order chi connectivity index (χ0) is 24.5. The zero-order valence-electron chi connectivity index (χ0n) is 19.5. The minimum Gasteiger partial charge on any atom is -0.467 e. The number of fused-ring (bicyclic) bond motifs is 1. The second kappa shape index (κ2) is 9.54. The number of benzene rings is 2. The third-order valence-corrected chi connectivity index (χ3v) is 7.17. The number of aliphatic imine (C=N–C) groups is 1. The number of nitrogens with one attached hydrogen (secondary N) is 1. The first kappa shape index (κ1) is 22.4. The van der Waals surface area contributed by atoms with Crippen LogP contribution in [0.15, 0.2) is 93.5 Å². The van der Waals surface area contributed by atoms with Crippen molar-refractivity contribution in [2.24, 2.45) is 4.99 Å². The largest absolute Gasteiger partial charge is 0.467 e. The van der Waals surface area contributed by atoms with Crippen LogP contribution < -0.4 is 5.32 Å². The van der Waals surface area contributed by atoms with Crippen molar-refractivity contribution in [1.29, 1.82) is 0 Å². The number of nitrogens with zero attached hydrogens (tertiary/aromatic N) is 3. The number of thioether (sulfide) groups is 1. The smallest absolute Gasteiger partial charge is 0.267 e. The summed E-state index contributed by atoms with van der Waals surface area (Å²) in [5.41, 5.74) is 2.67. The second-order valence-corrected chi connectivity index (χ2v) is 9.84. The van der Waals surface area contributed by atoms with Crippen molar-refractivity contribution in [1.82, 2.24) is 14.8 Å². The molecule has 3 heterocycles. The quantitative estimate of drug-likeness (QED) is 0.351. The van der Waals surface area contributed by atoms with E-state index in [1.807, 2.05) is 82.4 Å². The minimum absolute atomic E-state index is 0.00907. The Hall–Kier alpha value is -4.04. The van der Waals surface area contributed by atoms with Crippen LogP contribution in [0.5, 0.6) is 0 Å². The zero-order valence-corrected chi connectivity index (χ0v) is 20.3. The topological polar surface area (TPSA) is 79.8 Å². The fraction of sp³-hybridized carbons (Fsp3) is 0.179. The van der Waals surface area contributed by atoms with Gasteiger partial charge in [-0.25, -0.2) is 4.99 Å². The Bertz CT molecular complexity index is 1480. The number of aromatic nitrogens is 1. The molecule has 8 heteroatoms. The standard InChI is InChI=1S/C28H24N4O3S/c33-26(29-16-22-9-6-14-35-22)18-31-17-19(23-10-4-5-11-24(23)31)15-25-27(34)32(21-12-13-21)28(36-25)30-20-7-2-1-3-8-20/h1-11,14-15,17,21H,12-13,16,18H2,(H,29,33)/b25-15-,30-28?. The lowest BCUT2D eigenvalue weighted by Gasteiger charge is -2.13. The highest BCUT2D eigenvalue weighted by atomic mass is 32.2. The summed E-state index contributed by atoms with van der Waals surface area (Å²) in [6.45, 7) is 0.508. The highest BCUT2D eigenvalue weighted by Crippen LogP contribution is 2.41. The van der Waals surface area contributed by atoms with E-state index in [2.05, 4.69) is 5.32 Å². The molecule has 1 saturated heterocycles. The molecule has 2 amide bonds. The Kier molecular flexibility index (Phi) is 5.95. The van der Waals surface area contributed by atoms with Crippen molar-refractivity contribution in [3.8, 4) is 0 Å². The van der Waals surface area contributed by atoms with Crippen LogP contribution in [0.4, 0.5) is 5.69 Å². The van der Waals surface area contributed by atoms with Crippen LogP contribution in [0.1, 0.15) is 24.2 Å². The molecule has 2 aromatic heterocycles. The van der Waals surface area contributed by atoms with Crippen LogP contribution in [0, 0.1) is 0 Å². The summed E-state index contributed by atoms with van der Waals surface area (Å²) in [5.74, 6) is 0.580. The third kappa shape index (κ3) is 4.59. The molecule has 2 aliphatic rings. The van der Waals surface area contributed by atoms with Gasteiger partial charge in [-0.05, 0) is 61.0 Å². The molecule has 2 aromatic carbocycles. The van der Waals surface area contributed by atoms with Gasteiger partial charge in [-0.1, -0.05) is 36.4 Å². The fourth-order valence-electron chi connectivity index (χ4n) is 4.30. The SMILES string of the molecule is O=C(Cn1cc(/C=C2\SC(=Nc3ccccc3)N(C3CC3)C2=O)c2ccccc21)NCc1ccco1. The van der Waals surface area contributed by atoms with Crippen LogP contribution in [0.25, 0.3) is 17.0 Å². The van der Waals surface area contributed by atoms with E-state index in [0.717, 1.165) is 40.2 Å². The molecule has 0 atom stereocenters. The van der Waals surface area contributed by atoms with Gasteiger partial charge in [-0.15, -0.1) is 0 Å². The van der Waals surface area contributed by atoms with Crippen LogP contribution >= 0.6 is 11.8 Å². The van der Waals surface area contributed by atoms with Gasteiger partial charge >= 0.3 is 0 Å². The Balaban J connectivity index is 1.28. The van der Waals surface area contributed by atoms with E-state index < -0.39 is 0 Å². The average molecular weight is 497 g/mol. The third-order valence-electron chi connectivity index (χ3n) is 6.19. The van der Waals surface area contributed by atoms with Gasteiger partial charge in [0.25, 0.3) is 5.91 Å². The van der Waals surface area contributed by atoms with Crippen LogP contribution in [0.2, 0.25) is 0 Å². The molecule has 0 spiro atoms. The second-order valence-electron chi connectivity index (χ2n) is 8.83. The first-order valence-corrected chi connectivity index (χ1v) is 12.7. The van der Waals surface area contributed by atoms with Crippen molar-refractivity contribution in [2.45, 2.75) is 32.0 Å². The van der Waals surface area contributed by atoms with E-state index in [9.17, 15) is 9.59 Å². The van der Waals surface area contributed by atoms with Crippen molar-refractivity contribution < 1.29 is 14.0 Å². The fourth-order valence-corrected chi connectivity index (χ4v) is 5.35. The van der Waals surface area contributed by atoms with Gasteiger partial charge in [0, 0.05) is 28.7 Å². The number of hydrogen-bond donors (Lipinski definition) is 1. The van der Waals surface area contributed by atoms with Gasteiger partial charge < -0.3 is 14.3 Å². The Labute approximate surface area is 212 Å². The first-order valence-electron chi connectivity index (χ1n) is 11.9. The normalized spacial score (nSPS) is 18.0. The number of carbonyl (C=O) groups excluding carboxylic acids is 2. The molecule has 180 valence electrons. The van der Waals surface area contributed by atoms with Crippen molar-refractivity contribution >= 4 is 51.4 Å². The van der Waals surface area contributed by atoms with Crippen LogP contribution in [0.3, 0.4) is 0 Å². The van der Waals surface area contributed by atoms with E-state index in [0.29, 0.717) is 17.2 Å². The lowest BCUT2D eigenvalue weighted by molar-refractivity contribution is -0.123. The number of hydrogen-bond acceptors (Lipinski definition) is 5. The van der Waals surface area contributed by atoms with E-state index in [-0.39, 0.29) is 24.4 Å². The van der Waals surface area contributed by atoms with Crippen molar-refractivity contribution in [2.75, 3.05) is 0 Å². The summed E-state index contributed by atoms with van der Waals surface area (Å²) in [6, 6.07) is 21.5. The predicted octanol–water partition coefficient (Wildman–Crippen LogP) is 5.32. The molecular formula is C28H24N4O3S. The van der Waals surface area contributed by atoms with Gasteiger partial charge in [-0.3, -0.25) is 14.5 Å². The number of carbonyl (C=O) groups is 2. The van der Waals surface area contributed by atoms with Crippen LogP contribution in [-0.4, -0.2) is 32.5 Å². The number of amides is 2. The number of amidine groups is 1. The molecule has 1 saturated carbocycles. The maximum Gasteiger partial charge on any atom is 0.267 e. The molecule has 1 N–H and O–H groups in total. The number of para-hydroxylation sites is 2. The molecule has 4 aromatic rings. The van der Waals surface area contributed by atoms with Gasteiger partial charge in [0.05, 0.1) is 23.4 Å². The number of furan rings is 1. The Morgan fingerprint density at radius 1 is 1.08 bits per heavy atom. The summed E-state index contributed by atoms with van der Waals surface area (Å²) in [6.07, 6.45) is 7.45. The number of rotatable bonds is 7. The van der Waals surface area contributed by atoms with E-state index in [4.69, 9.17) is 9.41 Å². The van der Waals surface area contributed by atoms with Gasteiger partial charge in [0.15, 0.2) is 5.17 Å². The highest BCUT2D eigenvalue weighted by molar-refractivity contribution is 8.18. The molecule has 7 nitrogen and oxygen atoms in total. The molecule has 0 radical (unpaired) electrons. The maximum absolute atomic E-state index is 13.4. The minimum atomic E-state index is -0.116. The summed E-state index contributed by atoms with van der Waals surface area (Å²) in [7, 11) is 0. The maximum atomic E-state index is 13.4. The first-order chi connectivity index (χ1) is 17.7. The highest BCUT2D eigenvalue weighted by Gasteiger charge is 2.43. The van der Waals surface area contributed by atoms with Crippen LogP contribution in [-0.2, 0) is 22.7 Å². The lowest BCUT2D eigenvalue weighted by Crippen LogP contribution is -2.31.